The number of amides is 3. The van der Waals surface area contributed by atoms with E-state index in [-0.39, 0.29) is 6.61 Å². The molecule has 3 N–H and O–H groups in total. The Morgan fingerprint density at radius 1 is 0.926 bits per heavy atom. The van der Waals surface area contributed by atoms with Crippen LogP contribution in [0.1, 0.15) is 0 Å². The Labute approximate surface area is 172 Å². The van der Waals surface area contributed by atoms with Gasteiger partial charge in [0.25, 0.3) is 5.91 Å². The Morgan fingerprint density at radius 2 is 1.70 bits per heavy atom. The molecule has 0 aliphatic carbocycles. The Hall–Kier alpha value is -2.58. The van der Waals surface area contributed by atoms with E-state index >= 15 is 0 Å². The van der Waals surface area contributed by atoms with E-state index in [4.69, 9.17) is 4.74 Å². The van der Waals surface area contributed by atoms with Crippen LogP contribution < -0.4 is 20.9 Å². The molecule has 6 nitrogen and oxygen atoms in total. The largest absolute Gasteiger partial charge is 0.483 e. The smallest absolute Gasteiger partial charge is 0.337 e. The molecule has 0 saturated carbocycles. The molecule has 0 bridgehead atoms. The summed E-state index contributed by atoms with van der Waals surface area (Å²) in [4.78, 5) is 23.6. The van der Waals surface area contributed by atoms with Crippen molar-refractivity contribution in [3.63, 3.8) is 0 Å². The number of benzene rings is 3. The number of urea groups is 1. The quantitative estimate of drug-likeness (QED) is 0.466. The first-order chi connectivity index (χ1) is 13.0. The van der Waals surface area contributed by atoms with Gasteiger partial charge in [0.2, 0.25) is 0 Å². The second kappa shape index (κ2) is 8.88. The number of hydrazine groups is 1. The van der Waals surface area contributed by atoms with Crippen LogP contribution in [0.4, 0.5) is 10.5 Å². The van der Waals surface area contributed by atoms with Crippen molar-refractivity contribution < 1.29 is 14.3 Å². The molecule has 0 spiro atoms. The molecule has 3 aromatic rings. The summed E-state index contributed by atoms with van der Waals surface area (Å²) in [7, 11) is 0. The lowest BCUT2D eigenvalue weighted by molar-refractivity contribution is -0.123. The number of anilines is 1. The molecule has 0 aliphatic heterocycles. The molecule has 0 atom stereocenters. The van der Waals surface area contributed by atoms with Gasteiger partial charge in [0.15, 0.2) is 6.61 Å². The molecule has 0 heterocycles. The molecule has 0 unspecified atom stereocenters. The van der Waals surface area contributed by atoms with Crippen LogP contribution in [-0.4, -0.2) is 18.5 Å². The van der Waals surface area contributed by atoms with E-state index in [0.717, 1.165) is 19.7 Å². The van der Waals surface area contributed by atoms with Crippen LogP contribution in [0.3, 0.4) is 0 Å². The minimum Gasteiger partial charge on any atom is -0.483 e. The van der Waals surface area contributed by atoms with Gasteiger partial charge >= 0.3 is 6.03 Å². The highest BCUT2D eigenvalue weighted by Gasteiger charge is 2.10. The molecule has 0 saturated heterocycles. The summed E-state index contributed by atoms with van der Waals surface area (Å²) in [5.41, 5.74) is 5.18. The molecule has 3 rings (SSSR count). The maximum Gasteiger partial charge on any atom is 0.337 e. The van der Waals surface area contributed by atoms with Crippen molar-refractivity contribution >= 4 is 60.3 Å². The molecule has 0 radical (unpaired) electrons. The SMILES string of the molecule is O=C(COc1ccc2cc(Br)ccc2c1Br)NNC(=O)Nc1ccccc1. The molecule has 0 aliphatic rings. The molecule has 3 aromatic carbocycles. The molecule has 27 heavy (non-hydrogen) atoms. The lowest BCUT2D eigenvalue weighted by atomic mass is 10.1. The van der Waals surface area contributed by atoms with Gasteiger partial charge in [0.1, 0.15) is 5.75 Å². The van der Waals surface area contributed by atoms with Gasteiger partial charge in [-0.1, -0.05) is 46.3 Å². The fourth-order valence-corrected chi connectivity index (χ4v) is 3.33. The number of carbonyl (C=O) groups is 2. The van der Waals surface area contributed by atoms with E-state index < -0.39 is 11.9 Å². The maximum atomic E-state index is 11.9. The van der Waals surface area contributed by atoms with Crippen molar-refractivity contribution in [2.24, 2.45) is 0 Å². The maximum absolute atomic E-state index is 11.9. The van der Waals surface area contributed by atoms with Gasteiger partial charge in [0, 0.05) is 10.2 Å². The number of nitrogens with one attached hydrogen (secondary N) is 3. The van der Waals surface area contributed by atoms with Gasteiger partial charge in [0.05, 0.1) is 4.47 Å². The van der Waals surface area contributed by atoms with Crippen molar-refractivity contribution in [2.45, 2.75) is 0 Å². The first-order valence-corrected chi connectivity index (χ1v) is 9.53. The summed E-state index contributed by atoms with van der Waals surface area (Å²) in [6.45, 7) is -0.244. The highest BCUT2D eigenvalue weighted by molar-refractivity contribution is 9.11. The van der Waals surface area contributed by atoms with Gasteiger partial charge in [-0.3, -0.25) is 10.2 Å². The van der Waals surface area contributed by atoms with Crippen LogP contribution in [0.25, 0.3) is 10.8 Å². The van der Waals surface area contributed by atoms with Crippen LogP contribution in [0.2, 0.25) is 0 Å². The Balaban J connectivity index is 1.52. The average Bonchev–Trinajstić information content (AvgIpc) is 2.66. The van der Waals surface area contributed by atoms with Crippen LogP contribution in [-0.2, 0) is 4.79 Å². The third kappa shape index (κ3) is 5.21. The zero-order valence-corrected chi connectivity index (χ0v) is 17.1. The van der Waals surface area contributed by atoms with E-state index in [1.165, 1.54) is 0 Å². The molecule has 8 heteroatoms. The summed E-state index contributed by atoms with van der Waals surface area (Å²) < 4.78 is 7.29. The minimum atomic E-state index is -0.549. The zero-order valence-electron chi connectivity index (χ0n) is 14.0. The number of carbonyl (C=O) groups excluding carboxylic acids is 2. The molecular weight excluding hydrogens is 478 g/mol. The number of halogens is 2. The number of hydrogen-bond acceptors (Lipinski definition) is 3. The Bertz CT molecular complexity index is 981. The summed E-state index contributed by atoms with van der Waals surface area (Å²) in [5.74, 6) is 0.0507. The normalized spacial score (nSPS) is 10.3. The third-order valence-corrected chi connectivity index (χ3v) is 4.90. The first-order valence-electron chi connectivity index (χ1n) is 7.94. The van der Waals surface area contributed by atoms with E-state index in [1.54, 1.807) is 30.3 Å². The second-order valence-corrected chi connectivity index (χ2v) is 7.23. The Morgan fingerprint density at radius 3 is 2.48 bits per heavy atom. The van der Waals surface area contributed by atoms with Crippen molar-refractivity contribution in [1.29, 1.82) is 0 Å². The second-order valence-electron chi connectivity index (χ2n) is 5.53. The average molecular weight is 493 g/mol. The minimum absolute atomic E-state index is 0.244. The highest BCUT2D eigenvalue weighted by Crippen LogP contribution is 2.34. The van der Waals surface area contributed by atoms with Crippen LogP contribution >= 0.6 is 31.9 Å². The Kier molecular flexibility index (Phi) is 6.31. The van der Waals surface area contributed by atoms with Crippen LogP contribution in [0, 0.1) is 0 Å². The third-order valence-electron chi connectivity index (χ3n) is 3.59. The van der Waals surface area contributed by atoms with Crippen molar-refractivity contribution in [2.75, 3.05) is 11.9 Å². The zero-order chi connectivity index (χ0) is 19.2. The summed E-state index contributed by atoms with van der Waals surface area (Å²) in [6.07, 6.45) is 0. The molecule has 138 valence electrons. The molecule has 0 fully saturated rings. The summed E-state index contributed by atoms with van der Waals surface area (Å²) in [5, 5.41) is 4.59. The predicted octanol–water partition coefficient (Wildman–Crippen LogP) is 4.60. The lowest BCUT2D eigenvalue weighted by Gasteiger charge is -2.12. The van der Waals surface area contributed by atoms with Gasteiger partial charge in [-0.15, -0.1) is 0 Å². The molecule has 3 amide bonds. The topological polar surface area (TPSA) is 79.5 Å². The van der Waals surface area contributed by atoms with Crippen molar-refractivity contribution in [1.82, 2.24) is 10.9 Å². The van der Waals surface area contributed by atoms with E-state index in [1.807, 2.05) is 30.3 Å². The monoisotopic (exact) mass is 491 g/mol. The summed E-state index contributed by atoms with van der Waals surface area (Å²) >= 11 is 6.94. The van der Waals surface area contributed by atoms with E-state index in [0.29, 0.717) is 11.4 Å². The number of para-hydroxylation sites is 1. The van der Waals surface area contributed by atoms with Crippen LogP contribution in [0.5, 0.6) is 5.75 Å². The van der Waals surface area contributed by atoms with Crippen molar-refractivity contribution in [3.05, 3.63) is 69.6 Å². The van der Waals surface area contributed by atoms with Gasteiger partial charge in [-0.2, -0.15) is 0 Å². The fourth-order valence-electron chi connectivity index (χ4n) is 2.34. The summed E-state index contributed by atoms with van der Waals surface area (Å²) in [6, 6.07) is 17.9. The highest BCUT2D eigenvalue weighted by atomic mass is 79.9. The number of ether oxygens (including phenoxy) is 1. The molecule has 0 aromatic heterocycles. The van der Waals surface area contributed by atoms with E-state index in [2.05, 4.69) is 48.0 Å². The number of hydrogen-bond donors (Lipinski definition) is 3. The first kappa shape index (κ1) is 19.2. The van der Waals surface area contributed by atoms with Crippen molar-refractivity contribution in [3.8, 4) is 5.75 Å². The van der Waals surface area contributed by atoms with Gasteiger partial charge < -0.3 is 10.1 Å². The molecular formula is C19H15Br2N3O3. The standard InChI is InChI=1S/C19H15Br2N3O3/c20-13-7-8-15-12(10-13)6-9-16(18(15)21)27-11-17(25)23-24-19(26)22-14-4-2-1-3-5-14/h1-10H,11H2,(H,23,25)(H2,22,24,26). The number of rotatable bonds is 4. The van der Waals surface area contributed by atoms with Gasteiger partial charge in [-0.05, 0) is 57.0 Å². The predicted molar refractivity (Wildman–Crippen MR) is 112 cm³/mol. The van der Waals surface area contributed by atoms with E-state index in [9.17, 15) is 9.59 Å². The number of fused-ring (bicyclic) bond motifs is 1. The fraction of sp³-hybridized carbons (Fsp3) is 0.0526. The van der Waals surface area contributed by atoms with Crippen LogP contribution in [0.15, 0.2) is 69.6 Å². The van der Waals surface area contributed by atoms with Gasteiger partial charge in [-0.25, -0.2) is 10.2 Å². The lowest BCUT2D eigenvalue weighted by Crippen LogP contribution is -2.45.